The molecule has 0 spiro atoms. The van der Waals surface area contributed by atoms with E-state index in [1.54, 1.807) is 0 Å². The van der Waals surface area contributed by atoms with E-state index < -0.39 is 0 Å². The van der Waals surface area contributed by atoms with Gasteiger partial charge in [0.05, 0.1) is 0 Å². The van der Waals surface area contributed by atoms with Gasteiger partial charge in [-0.05, 0) is 12.8 Å². The van der Waals surface area contributed by atoms with E-state index in [1.165, 1.54) is 70.6 Å². The van der Waals surface area contributed by atoms with Gasteiger partial charge in [0.1, 0.15) is 0 Å². The molecule has 0 amide bonds. The van der Waals surface area contributed by atoms with Gasteiger partial charge in [-0.25, -0.2) is 0 Å². The van der Waals surface area contributed by atoms with Crippen molar-refractivity contribution >= 4 is 17.0 Å². The first-order chi connectivity index (χ1) is 7.91. The van der Waals surface area contributed by atoms with Crippen LogP contribution >= 0.6 is 17.0 Å². The molecule has 0 aromatic carbocycles. The number of unbranched alkanes of at least 4 members (excludes halogenated alkanes) is 10. The average Bonchev–Trinajstić information content (AvgIpc) is 2.31. The number of halogens is 1. The molecular weight excluding hydrogens is 274 g/mol. The van der Waals surface area contributed by atoms with Gasteiger partial charge >= 0.3 is 0 Å². The van der Waals surface area contributed by atoms with Crippen LogP contribution in [0.1, 0.15) is 77.6 Å². The first kappa shape index (κ1) is 19.5. The Bertz CT molecular complexity index is 146. The van der Waals surface area contributed by atoms with Crippen LogP contribution in [0.25, 0.3) is 0 Å². The minimum atomic E-state index is 0. The van der Waals surface area contributed by atoms with E-state index in [1.807, 2.05) is 0 Å². The maximum atomic E-state index is 5.37. The normalized spacial score (nSPS) is 10.7. The summed E-state index contributed by atoms with van der Waals surface area (Å²) in [6.45, 7) is 2.97. The molecule has 2 heteroatoms. The SMILES string of the molecule is Br.CCCCCCCCCCCCC=CCN. The Labute approximate surface area is 119 Å². The van der Waals surface area contributed by atoms with Gasteiger partial charge in [0.2, 0.25) is 0 Å². The molecule has 0 rings (SSSR count). The maximum Gasteiger partial charge on any atom is 0.0106 e. The van der Waals surface area contributed by atoms with Crippen LogP contribution in [0.2, 0.25) is 0 Å². The fraction of sp³-hybridized carbons (Fsp3) is 0.867. The lowest BCUT2D eigenvalue weighted by Crippen LogP contribution is -1.91. The van der Waals surface area contributed by atoms with Crippen LogP contribution in [0.4, 0.5) is 0 Å². The Balaban J connectivity index is 0. The summed E-state index contributed by atoms with van der Waals surface area (Å²) in [5.41, 5.74) is 5.37. The van der Waals surface area contributed by atoms with Crippen molar-refractivity contribution in [2.75, 3.05) is 6.54 Å². The Kier molecular flexibility index (Phi) is 21.3. The minimum Gasteiger partial charge on any atom is -0.327 e. The van der Waals surface area contributed by atoms with E-state index in [2.05, 4.69) is 19.1 Å². The summed E-state index contributed by atoms with van der Waals surface area (Å²) in [6, 6.07) is 0. The third kappa shape index (κ3) is 18.7. The van der Waals surface area contributed by atoms with E-state index in [4.69, 9.17) is 5.73 Å². The second kappa shape index (κ2) is 18.5. The summed E-state index contributed by atoms with van der Waals surface area (Å²) in [7, 11) is 0. The average molecular weight is 306 g/mol. The second-order valence-corrected chi connectivity index (χ2v) is 4.68. The van der Waals surface area contributed by atoms with Crippen molar-refractivity contribution in [2.45, 2.75) is 77.6 Å². The van der Waals surface area contributed by atoms with Gasteiger partial charge in [-0.15, -0.1) is 17.0 Å². The third-order valence-corrected chi connectivity index (χ3v) is 3.03. The molecule has 0 heterocycles. The molecule has 0 aromatic heterocycles. The largest absolute Gasteiger partial charge is 0.327 e. The van der Waals surface area contributed by atoms with Crippen molar-refractivity contribution in [3.05, 3.63) is 12.2 Å². The lowest BCUT2D eigenvalue weighted by molar-refractivity contribution is 0.557. The lowest BCUT2D eigenvalue weighted by atomic mass is 10.1. The van der Waals surface area contributed by atoms with Gasteiger partial charge < -0.3 is 5.73 Å². The van der Waals surface area contributed by atoms with Gasteiger partial charge in [0.15, 0.2) is 0 Å². The zero-order valence-electron chi connectivity index (χ0n) is 11.6. The van der Waals surface area contributed by atoms with E-state index in [-0.39, 0.29) is 17.0 Å². The molecule has 17 heavy (non-hydrogen) atoms. The Morgan fingerprint density at radius 2 is 1.18 bits per heavy atom. The first-order valence-corrected chi connectivity index (χ1v) is 7.27. The van der Waals surface area contributed by atoms with E-state index in [0.29, 0.717) is 6.54 Å². The summed E-state index contributed by atoms with van der Waals surface area (Å²) in [5.74, 6) is 0. The number of hydrogen-bond acceptors (Lipinski definition) is 1. The summed E-state index contributed by atoms with van der Waals surface area (Å²) in [5, 5.41) is 0. The van der Waals surface area contributed by atoms with Crippen molar-refractivity contribution in [3.8, 4) is 0 Å². The van der Waals surface area contributed by atoms with E-state index in [0.717, 1.165) is 0 Å². The summed E-state index contributed by atoms with van der Waals surface area (Å²) in [6.07, 6.45) is 19.7. The van der Waals surface area contributed by atoms with Crippen molar-refractivity contribution in [1.82, 2.24) is 0 Å². The molecule has 0 saturated heterocycles. The van der Waals surface area contributed by atoms with Gasteiger partial charge in [-0.1, -0.05) is 76.9 Å². The Morgan fingerprint density at radius 1 is 0.706 bits per heavy atom. The highest BCUT2D eigenvalue weighted by Crippen LogP contribution is 2.11. The van der Waals surface area contributed by atoms with Crippen LogP contribution in [-0.2, 0) is 0 Å². The molecule has 1 nitrogen and oxygen atoms in total. The Hall–Kier alpha value is 0.180. The van der Waals surface area contributed by atoms with Crippen molar-refractivity contribution in [2.24, 2.45) is 5.73 Å². The molecule has 0 saturated carbocycles. The highest BCUT2D eigenvalue weighted by atomic mass is 79.9. The fourth-order valence-corrected chi connectivity index (χ4v) is 1.96. The highest BCUT2D eigenvalue weighted by molar-refractivity contribution is 8.93. The molecule has 0 aliphatic carbocycles. The van der Waals surface area contributed by atoms with Crippen molar-refractivity contribution < 1.29 is 0 Å². The van der Waals surface area contributed by atoms with Crippen LogP contribution in [-0.4, -0.2) is 6.54 Å². The van der Waals surface area contributed by atoms with E-state index in [9.17, 15) is 0 Å². The van der Waals surface area contributed by atoms with Crippen LogP contribution in [0.5, 0.6) is 0 Å². The van der Waals surface area contributed by atoms with E-state index >= 15 is 0 Å². The summed E-state index contributed by atoms with van der Waals surface area (Å²) < 4.78 is 0. The lowest BCUT2D eigenvalue weighted by Gasteiger charge is -2.01. The molecule has 0 aliphatic heterocycles. The number of rotatable bonds is 12. The molecule has 0 aromatic rings. The van der Waals surface area contributed by atoms with Crippen LogP contribution < -0.4 is 5.73 Å². The van der Waals surface area contributed by atoms with Gasteiger partial charge in [-0.2, -0.15) is 0 Å². The molecule has 0 fully saturated rings. The molecule has 104 valence electrons. The number of nitrogens with two attached hydrogens (primary N) is 1. The van der Waals surface area contributed by atoms with Crippen LogP contribution in [0.15, 0.2) is 12.2 Å². The van der Waals surface area contributed by atoms with Crippen LogP contribution in [0, 0.1) is 0 Å². The maximum absolute atomic E-state index is 5.37. The minimum absolute atomic E-state index is 0. The van der Waals surface area contributed by atoms with Gasteiger partial charge in [0.25, 0.3) is 0 Å². The fourth-order valence-electron chi connectivity index (χ4n) is 1.96. The first-order valence-electron chi connectivity index (χ1n) is 7.27. The van der Waals surface area contributed by atoms with Crippen LogP contribution in [0.3, 0.4) is 0 Å². The summed E-state index contributed by atoms with van der Waals surface area (Å²) >= 11 is 0. The number of allylic oxidation sites excluding steroid dienone is 1. The molecule has 0 atom stereocenters. The number of hydrogen-bond donors (Lipinski definition) is 1. The molecule has 0 bridgehead atoms. The zero-order chi connectivity index (χ0) is 11.9. The Morgan fingerprint density at radius 3 is 1.65 bits per heavy atom. The predicted octanol–water partition coefficient (Wildman–Crippen LogP) is 5.39. The quantitative estimate of drug-likeness (QED) is 0.379. The van der Waals surface area contributed by atoms with Gasteiger partial charge in [-0.3, -0.25) is 0 Å². The molecule has 0 aliphatic rings. The molecule has 0 radical (unpaired) electrons. The summed E-state index contributed by atoms with van der Waals surface area (Å²) in [4.78, 5) is 0. The standard InChI is InChI=1S/C15H31N.BrH/c1-2-3-4-5-6-7-8-9-10-11-12-13-14-15-16;/h13-14H,2-12,15-16H2,1H3;1H. The zero-order valence-corrected chi connectivity index (χ0v) is 13.3. The third-order valence-electron chi connectivity index (χ3n) is 3.03. The molecular formula is C15H32BrN. The second-order valence-electron chi connectivity index (χ2n) is 4.68. The van der Waals surface area contributed by atoms with Crippen molar-refractivity contribution in [3.63, 3.8) is 0 Å². The van der Waals surface area contributed by atoms with Gasteiger partial charge in [0, 0.05) is 6.54 Å². The monoisotopic (exact) mass is 305 g/mol. The predicted molar refractivity (Wildman–Crippen MR) is 85.0 cm³/mol. The molecule has 0 unspecified atom stereocenters. The smallest absolute Gasteiger partial charge is 0.0106 e. The van der Waals surface area contributed by atoms with Crippen molar-refractivity contribution in [1.29, 1.82) is 0 Å². The molecule has 2 N–H and O–H groups in total. The topological polar surface area (TPSA) is 26.0 Å². The highest BCUT2D eigenvalue weighted by Gasteiger charge is 1.91.